The average molecular weight is 273 g/mol. The van der Waals surface area contributed by atoms with Gasteiger partial charge in [0.25, 0.3) is 0 Å². The van der Waals surface area contributed by atoms with Crippen LogP contribution in [-0.4, -0.2) is 32.8 Å². The summed E-state index contributed by atoms with van der Waals surface area (Å²) in [7, 11) is 2.01. The standard InChI is InChI=1S/C15H23N5/c1-3-10-20-15(18-12-19-20)11-14(16-2)5-4-13-6-8-17-9-7-13/h6-9,12,14,16H,3-5,10-11H2,1-2H3. The third kappa shape index (κ3) is 4.13. The van der Waals surface area contributed by atoms with Gasteiger partial charge < -0.3 is 5.32 Å². The monoisotopic (exact) mass is 273 g/mol. The fourth-order valence-electron chi connectivity index (χ4n) is 2.30. The van der Waals surface area contributed by atoms with Crippen LogP contribution in [0.5, 0.6) is 0 Å². The van der Waals surface area contributed by atoms with E-state index in [1.807, 2.05) is 24.1 Å². The molecule has 0 aliphatic heterocycles. The SMILES string of the molecule is CCCn1ncnc1CC(CCc1ccncc1)NC. The van der Waals surface area contributed by atoms with E-state index in [1.54, 1.807) is 6.33 Å². The van der Waals surface area contributed by atoms with E-state index in [2.05, 4.69) is 39.4 Å². The third-order valence-corrected chi connectivity index (χ3v) is 3.50. The van der Waals surface area contributed by atoms with Crippen molar-refractivity contribution < 1.29 is 0 Å². The molecule has 2 aromatic rings. The summed E-state index contributed by atoms with van der Waals surface area (Å²) in [5.74, 6) is 1.07. The van der Waals surface area contributed by atoms with Crippen LogP contribution in [0.4, 0.5) is 0 Å². The van der Waals surface area contributed by atoms with Crippen molar-refractivity contribution in [1.82, 2.24) is 25.1 Å². The quantitative estimate of drug-likeness (QED) is 0.797. The topological polar surface area (TPSA) is 55.6 Å². The van der Waals surface area contributed by atoms with Gasteiger partial charge in [0.05, 0.1) is 0 Å². The van der Waals surface area contributed by atoms with Crippen LogP contribution in [-0.2, 0) is 19.4 Å². The lowest BCUT2D eigenvalue weighted by Crippen LogP contribution is -2.29. The molecule has 0 saturated carbocycles. The van der Waals surface area contributed by atoms with E-state index in [9.17, 15) is 0 Å². The molecule has 2 aromatic heterocycles. The highest BCUT2D eigenvalue weighted by atomic mass is 15.3. The predicted octanol–water partition coefficient (Wildman–Crippen LogP) is 1.85. The molecule has 0 saturated heterocycles. The highest BCUT2D eigenvalue weighted by molar-refractivity contribution is 5.10. The normalized spacial score (nSPS) is 12.5. The zero-order chi connectivity index (χ0) is 14.2. The first-order chi connectivity index (χ1) is 9.83. The molecule has 2 heterocycles. The van der Waals surface area contributed by atoms with Crippen molar-refractivity contribution in [2.45, 2.75) is 45.2 Å². The Labute approximate surface area is 120 Å². The first kappa shape index (κ1) is 14.7. The summed E-state index contributed by atoms with van der Waals surface area (Å²) in [6.07, 6.45) is 9.48. The molecule has 1 N–H and O–H groups in total. The molecule has 2 rings (SSSR count). The van der Waals surface area contributed by atoms with Gasteiger partial charge in [-0.2, -0.15) is 5.10 Å². The Hall–Kier alpha value is -1.75. The number of rotatable bonds is 8. The summed E-state index contributed by atoms with van der Waals surface area (Å²) in [4.78, 5) is 8.43. The minimum Gasteiger partial charge on any atom is -0.317 e. The lowest BCUT2D eigenvalue weighted by molar-refractivity contribution is 0.480. The Bertz CT molecular complexity index is 494. The number of likely N-dealkylation sites (N-methyl/N-ethyl adjacent to an activating group) is 1. The van der Waals surface area contributed by atoms with E-state index in [-0.39, 0.29) is 0 Å². The summed E-state index contributed by atoms with van der Waals surface area (Å²) < 4.78 is 2.01. The molecule has 0 aromatic carbocycles. The van der Waals surface area contributed by atoms with Crippen LogP contribution in [0.25, 0.3) is 0 Å². The number of aryl methyl sites for hydroxylation is 2. The molecule has 1 atom stereocenters. The maximum atomic E-state index is 4.38. The molecule has 0 bridgehead atoms. The number of nitrogens with zero attached hydrogens (tertiary/aromatic N) is 4. The van der Waals surface area contributed by atoms with Gasteiger partial charge in [-0.25, -0.2) is 4.98 Å². The summed E-state index contributed by atoms with van der Waals surface area (Å²) in [5, 5.41) is 7.66. The van der Waals surface area contributed by atoms with Crippen molar-refractivity contribution in [3.05, 3.63) is 42.2 Å². The largest absolute Gasteiger partial charge is 0.317 e. The minimum absolute atomic E-state index is 0.419. The molecule has 5 heteroatoms. The molecule has 0 aliphatic carbocycles. The third-order valence-electron chi connectivity index (χ3n) is 3.50. The van der Waals surface area contributed by atoms with Crippen LogP contribution in [0.2, 0.25) is 0 Å². The number of pyridine rings is 1. The second-order valence-corrected chi connectivity index (χ2v) is 4.98. The van der Waals surface area contributed by atoms with Crippen LogP contribution in [0.1, 0.15) is 31.2 Å². The van der Waals surface area contributed by atoms with Crippen molar-refractivity contribution in [3.8, 4) is 0 Å². The average Bonchev–Trinajstić information content (AvgIpc) is 2.92. The van der Waals surface area contributed by atoms with E-state index < -0.39 is 0 Å². The Kier molecular flexibility index (Phi) is 5.68. The van der Waals surface area contributed by atoms with Crippen molar-refractivity contribution in [1.29, 1.82) is 0 Å². The number of nitrogens with one attached hydrogen (secondary N) is 1. The van der Waals surface area contributed by atoms with Crippen LogP contribution >= 0.6 is 0 Å². The molecule has 108 valence electrons. The van der Waals surface area contributed by atoms with E-state index in [0.717, 1.165) is 38.1 Å². The zero-order valence-corrected chi connectivity index (χ0v) is 12.3. The van der Waals surface area contributed by atoms with Crippen molar-refractivity contribution in [2.24, 2.45) is 0 Å². The number of aromatic nitrogens is 4. The van der Waals surface area contributed by atoms with E-state index in [4.69, 9.17) is 0 Å². The lowest BCUT2D eigenvalue weighted by atomic mass is 10.0. The van der Waals surface area contributed by atoms with Gasteiger partial charge in [-0.1, -0.05) is 6.92 Å². The van der Waals surface area contributed by atoms with E-state index in [1.165, 1.54) is 5.56 Å². The molecule has 0 spiro atoms. The summed E-state index contributed by atoms with van der Waals surface area (Å²) in [5.41, 5.74) is 1.33. The first-order valence-corrected chi connectivity index (χ1v) is 7.26. The zero-order valence-electron chi connectivity index (χ0n) is 12.3. The summed E-state index contributed by atoms with van der Waals surface area (Å²) >= 11 is 0. The Morgan fingerprint density at radius 2 is 2.10 bits per heavy atom. The Morgan fingerprint density at radius 1 is 1.30 bits per heavy atom. The molecule has 5 nitrogen and oxygen atoms in total. The van der Waals surface area contributed by atoms with E-state index >= 15 is 0 Å². The fraction of sp³-hybridized carbons (Fsp3) is 0.533. The molecule has 0 fully saturated rings. The maximum absolute atomic E-state index is 4.38. The molecule has 0 aliphatic rings. The predicted molar refractivity (Wildman–Crippen MR) is 79.4 cm³/mol. The van der Waals surface area contributed by atoms with Crippen LogP contribution < -0.4 is 5.32 Å². The van der Waals surface area contributed by atoms with E-state index in [0.29, 0.717) is 6.04 Å². The smallest absolute Gasteiger partial charge is 0.138 e. The van der Waals surface area contributed by atoms with Gasteiger partial charge in [0.1, 0.15) is 12.2 Å². The van der Waals surface area contributed by atoms with Gasteiger partial charge in [0.15, 0.2) is 0 Å². The molecule has 1 unspecified atom stereocenters. The molecule has 20 heavy (non-hydrogen) atoms. The Morgan fingerprint density at radius 3 is 2.80 bits per heavy atom. The molecular formula is C15H23N5. The second-order valence-electron chi connectivity index (χ2n) is 4.98. The maximum Gasteiger partial charge on any atom is 0.138 e. The number of hydrogen-bond acceptors (Lipinski definition) is 4. The van der Waals surface area contributed by atoms with Gasteiger partial charge in [-0.05, 0) is 44.0 Å². The lowest BCUT2D eigenvalue weighted by Gasteiger charge is -2.16. The molecule has 0 amide bonds. The molecular weight excluding hydrogens is 250 g/mol. The second kappa shape index (κ2) is 7.75. The summed E-state index contributed by atoms with van der Waals surface area (Å²) in [6.45, 7) is 3.10. The summed E-state index contributed by atoms with van der Waals surface area (Å²) in [6, 6.07) is 4.57. The van der Waals surface area contributed by atoms with Gasteiger partial charge in [-0.3, -0.25) is 9.67 Å². The van der Waals surface area contributed by atoms with Gasteiger partial charge >= 0.3 is 0 Å². The van der Waals surface area contributed by atoms with Gasteiger partial charge in [0.2, 0.25) is 0 Å². The van der Waals surface area contributed by atoms with Gasteiger partial charge in [0, 0.05) is 31.4 Å². The van der Waals surface area contributed by atoms with Crippen molar-refractivity contribution >= 4 is 0 Å². The first-order valence-electron chi connectivity index (χ1n) is 7.26. The van der Waals surface area contributed by atoms with Crippen LogP contribution in [0.15, 0.2) is 30.9 Å². The van der Waals surface area contributed by atoms with Crippen LogP contribution in [0.3, 0.4) is 0 Å². The number of hydrogen-bond donors (Lipinski definition) is 1. The fourth-order valence-corrected chi connectivity index (χ4v) is 2.30. The van der Waals surface area contributed by atoms with Gasteiger partial charge in [-0.15, -0.1) is 0 Å². The minimum atomic E-state index is 0.419. The van der Waals surface area contributed by atoms with Crippen molar-refractivity contribution in [3.63, 3.8) is 0 Å². The van der Waals surface area contributed by atoms with Crippen LogP contribution in [0, 0.1) is 0 Å². The Balaban J connectivity index is 1.90. The highest BCUT2D eigenvalue weighted by Gasteiger charge is 2.12. The highest BCUT2D eigenvalue weighted by Crippen LogP contribution is 2.08. The molecule has 0 radical (unpaired) electrons. The van der Waals surface area contributed by atoms with Crippen molar-refractivity contribution in [2.75, 3.05) is 7.05 Å².